The molecule has 0 heterocycles. The van der Waals surface area contributed by atoms with Gasteiger partial charge < -0.3 is 0 Å². The Labute approximate surface area is 94.1 Å². The summed E-state index contributed by atoms with van der Waals surface area (Å²) in [5.74, 6) is 0.575. The lowest BCUT2D eigenvalue weighted by Gasteiger charge is -2.16. The second kappa shape index (κ2) is 5.75. The van der Waals surface area contributed by atoms with Crippen LogP contribution in [0.5, 0.6) is 0 Å². The number of rotatable bonds is 3. The molecule has 0 aromatic rings. The minimum Gasteiger partial charge on any atom is -0.0874 e. The van der Waals surface area contributed by atoms with Gasteiger partial charge in [-0.15, -0.1) is 0 Å². The van der Waals surface area contributed by atoms with Gasteiger partial charge in [0.2, 0.25) is 0 Å². The fourth-order valence-electron chi connectivity index (χ4n) is 1.96. The molecule has 0 aromatic carbocycles. The van der Waals surface area contributed by atoms with Crippen LogP contribution < -0.4 is 0 Å². The molecule has 82 valence electrons. The summed E-state index contributed by atoms with van der Waals surface area (Å²) in [4.78, 5) is 0. The van der Waals surface area contributed by atoms with Crippen molar-refractivity contribution >= 4 is 0 Å². The van der Waals surface area contributed by atoms with E-state index in [1.54, 1.807) is 5.57 Å². The fraction of sp³-hybridized carbons (Fsp3) is 0.467. The predicted molar refractivity (Wildman–Crippen MR) is 68.8 cm³/mol. The van der Waals surface area contributed by atoms with E-state index < -0.39 is 0 Å². The van der Waals surface area contributed by atoms with Crippen LogP contribution in [0, 0.1) is 5.92 Å². The molecule has 0 N–H and O–H groups in total. The normalized spacial score (nSPS) is 20.1. The third-order valence-corrected chi connectivity index (χ3v) is 2.92. The number of hydrogen-bond donors (Lipinski definition) is 0. The van der Waals surface area contributed by atoms with E-state index in [0.717, 1.165) is 0 Å². The van der Waals surface area contributed by atoms with Gasteiger partial charge in [0.25, 0.3) is 0 Å². The van der Waals surface area contributed by atoms with Crippen molar-refractivity contribution in [3.8, 4) is 0 Å². The highest BCUT2D eigenvalue weighted by molar-refractivity contribution is 5.28. The highest BCUT2D eigenvalue weighted by Gasteiger charge is 2.08. The summed E-state index contributed by atoms with van der Waals surface area (Å²) in [5, 5.41) is 0. The molecule has 1 rings (SSSR count). The van der Waals surface area contributed by atoms with Crippen molar-refractivity contribution in [2.24, 2.45) is 5.92 Å². The van der Waals surface area contributed by atoms with E-state index in [-0.39, 0.29) is 0 Å². The summed E-state index contributed by atoms with van der Waals surface area (Å²) >= 11 is 0. The van der Waals surface area contributed by atoms with Gasteiger partial charge in [-0.3, -0.25) is 0 Å². The van der Waals surface area contributed by atoms with Crippen LogP contribution in [-0.4, -0.2) is 0 Å². The number of allylic oxidation sites excluding steroid dienone is 8. The van der Waals surface area contributed by atoms with Gasteiger partial charge in [-0.2, -0.15) is 0 Å². The van der Waals surface area contributed by atoms with Gasteiger partial charge in [0.15, 0.2) is 0 Å². The summed E-state index contributed by atoms with van der Waals surface area (Å²) < 4.78 is 0. The Morgan fingerprint density at radius 1 is 1.33 bits per heavy atom. The molecular formula is C15H22. The van der Waals surface area contributed by atoms with Crippen molar-refractivity contribution in [1.82, 2.24) is 0 Å². The molecule has 1 aliphatic carbocycles. The van der Waals surface area contributed by atoms with Gasteiger partial charge >= 0.3 is 0 Å². The second-order valence-electron chi connectivity index (χ2n) is 4.45. The Hall–Kier alpha value is -1.04. The van der Waals surface area contributed by atoms with E-state index in [4.69, 9.17) is 0 Å². The smallest absolute Gasteiger partial charge is 0.00427 e. The molecule has 0 aromatic heterocycles. The van der Waals surface area contributed by atoms with Gasteiger partial charge in [-0.25, -0.2) is 0 Å². The monoisotopic (exact) mass is 202 g/mol. The largest absolute Gasteiger partial charge is 0.0874 e. The molecule has 0 saturated carbocycles. The van der Waals surface area contributed by atoms with Crippen molar-refractivity contribution in [3.63, 3.8) is 0 Å². The van der Waals surface area contributed by atoms with Crippen LogP contribution in [0.4, 0.5) is 0 Å². The summed E-state index contributed by atoms with van der Waals surface area (Å²) in [5.41, 5.74) is 4.42. The Morgan fingerprint density at radius 2 is 2.07 bits per heavy atom. The van der Waals surface area contributed by atoms with Crippen LogP contribution in [0.25, 0.3) is 0 Å². The van der Waals surface area contributed by atoms with E-state index in [0.29, 0.717) is 5.92 Å². The lowest BCUT2D eigenvalue weighted by molar-refractivity contribution is 0.755. The van der Waals surface area contributed by atoms with E-state index in [9.17, 15) is 0 Å². The molecule has 0 radical (unpaired) electrons. The SMILES string of the molecule is C/C=C\C(C)=C/C(C)C1=CC=C(C)CC1. The Morgan fingerprint density at radius 3 is 2.60 bits per heavy atom. The van der Waals surface area contributed by atoms with Crippen LogP contribution in [0.15, 0.2) is 47.1 Å². The number of hydrogen-bond acceptors (Lipinski definition) is 0. The average Bonchev–Trinajstić information content (AvgIpc) is 2.18. The van der Waals surface area contributed by atoms with Gasteiger partial charge in [0, 0.05) is 0 Å². The van der Waals surface area contributed by atoms with Crippen molar-refractivity contribution < 1.29 is 0 Å². The quantitative estimate of drug-likeness (QED) is 0.576. The second-order valence-corrected chi connectivity index (χ2v) is 4.45. The fourth-order valence-corrected chi connectivity index (χ4v) is 1.96. The van der Waals surface area contributed by atoms with E-state index in [1.807, 2.05) is 0 Å². The first-order chi connectivity index (χ1) is 7.13. The molecule has 0 heteroatoms. The van der Waals surface area contributed by atoms with Crippen molar-refractivity contribution in [3.05, 3.63) is 47.1 Å². The zero-order valence-corrected chi connectivity index (χ0v) is 10.4. The third-order valence-electron chi connectivity index (χ3n) is 2.92. The molecule has 0 aliphatic heterocycles. The summed E-state index contributed by atoms with van der Waals surface area (Å²) in [6.07, 6.45) is 13.6. The molecule has 0 amide bonds. The molecule has 0 fully saturated rings. The van der Waals surface area contributed by atoms with Gasteiger partial charge in [0.05, 0.1) is 0 Å². The Kier molecular flexibility index (Phi) is 4.61. The minimum atomic E-state index is 0.575. The lowest BCUT2D eigenvalue weighted by Crippen LogP contribution is -2.00. The zero-order chi connectivity index (χ0) is 11.3. The minimum absolute atomic E-state index is 0.575. The first kappa shape index (κ1) is 12.0. The van der Waals surface area contributed by atoms with Crippen molar-refractivity contribution in [1.29, 1.82) is 0 Å². The zero-order valence-electron chi connectivity index (χ0n) is 10.4. The maximum Gasteiger partial charge on any atom is -0.00427 e. The summed E-state index contributed by atoms with van der Waals surface area (Å²) in [6, 6.07) is 0. The lowest BCUT2D eigenvalue weighted by atomic mass is 9.89. The molecule has 1 atom stereocenters. The van der Waals surface area contributed by atoms with E-state index in [1.165, 1.54) is 24.0 Å². The highest BCUT2D eigenvalue weighted by Crippen LogP contribution is 2.25. The molecule has 0 bridgehead atoms. The van der Waals surface area contributed by atoms with Gasteiger partial charge in [-0.05, 0) is 39.5 Å². The molecule has 0 nitrogen and oxygen atoms in total. The summed E-state index contributed by atoms with van der Waals surface area (Å²) in [6.45, 7) is 8.72. The van der Waals surface area contributed by atoms with Crippen LogP contribution in [0.3, 0.4) is 0 Å². The maximum atomic E-state index is 2.35. The molecular weight excluding hydrogens is 180 g/mol. The molecule has 1 unspecified atom stereocenters. The van der Waals surface area contributed by atoms with Crippen LogP contribution >= 0.6 is 0 Å². The standard InChI is InChI=1S/C15H22/c1-5-6-13(3)11-14(4)15-9-7-12(2)8-10-15/h5-7,9,11,14H,8,10H2,1-4H3/b6-5-,13-11-. The van der Waals surface area contributed by atoms with Gasteiger partial charge in [-0.1, -0.05) is 54.0 Å². The van der Waals surface area contributed by atoms with Crippen LogP contribution in [0.1, 0.15) is 40.5 Å². The molecule has 15 heavy (non-hydrogen) atoms. The van der Waals surface area contributed by atoms with Gasteiger partial charge in [0.1, 0.15) is 0 Å². The summed E-state index contributed by atoms with van der Waals surface area (Å²) in [7, 11) is 0. The highest BCUT2D eigenvalue weighted by atomic mass is 14.1. The molecule has 0 saturated heterocycles. The first-order valence-electron chi connectivity index (χ1n) is 5.81. The van der Waals surface area contributed by atoms with E-state index in [2.05, 4.69) is 58.1 Å². The van der Waals surface area contributed by atoms with Crippen LogP contribution in [-0.2, 0) is 0 Å². The maximum absolute atomic E-state index is 2.35. The molecule has 0 spiro atoms. The molecule has 1 aliphatic rings. The van der Waals surface area contributed by atoms with E-state index >= 15 is 0 Å². The van der Waals surface area contributed by atoms with Crippen molar-refractivity contribution in [2.45, 2.75) is 40.5 Å². The third kappa shape index (κ3) is 3.91. The predicted octanol–water partition coefficient (Wildman–Crippen LogP) is 4.81. The van der Waals surface area contributed by atoms with Crippen molar-refractivity contribution in [2.75, 3.05) is 0 Å². The first-order valence-corrected chi connectivity index (χ1v) is 5.81. The van der Waals surface area contributed by atoms with Crippen LogP contribution in [0.2, 0.25) is 0 Å². The Balaban J connectivity index is 2.69. The average molecular weight is 202 g/mol. The Bertz CT molecular complexity index is 324. The topological polar surface area (TPSA) is 0 Å².